The lowest BCUT2D eigenvalue weighted by Gasteiger charge is -2.18. The van der Waals surface area contributed by atoms with Crippen LogP contribution in [-0.4, -0.2) is 34.3 Å². The predicted octanol–water partition coefficient (Wildman–Crippen LogP) is 2.50. The molecule has 120 valence electrons. The van der Waals surface area contributed by atoms with E-state index in [0.29, 0.717) is 41.8 Å². The maximum Gasteiger partial charge on any atom is 0.255 e. The average molecular weight is 322 g/mol. The Labute approximate surface area is 137 Å². The van der Waals surface area contributed by atoms with Crippen molar-refractivity contribution >= 4 is 11.6 Å². The number of hydrogen-bond donors (Lipinski definition) is 2. The van der Waals surface area contributed by atoms with Crippen molar-refractivity contribution in [1.29, 1.82) is 0 Å². The molecule has 1 aliphatic rings. The van der Waals surface area contributed by atoms with Gasteiger partial charge in [-0.2, -0.15) is 5.10 Å². The molecule has 24 heavy (non-hydrogen) atoms. The third-order valence-electron chi connectivity index (χ3n) is 3.64. The van der Waals surface area contributed by atoms with Gasteiger partial charge in [-0.1, -0.05) is 0 Å². The summed E-state index contributed by atoms with van der Waals surface area (Å²) in [7, 11) is 0. The van der Waals surface area contributed by atoms with Gasteiger partial charge in [0, 0.05) is 16.8 Å². The van der Waals surface area contributed by atoms with Gasteiger partial charge in [0.15, 0.2) is 17.3 Å². The maximum atomic E-state index is 12.4. The molecule has 0 saturated heterocycles. The number of amides is 1. The monoisotopic (exact) mass is 322 g/mol. The zero-order valence-corrected chi connectivity index (χ0v) is 12.7. The molecular formula is C17H14N4O3. The average Bonchev–Trinajstić information content (AvgIpc) is 3.16. The van der Waals surface area contributed by atoms with Crippen molar-refractivity contribution < 1.29 is 14.3 Å². The first-order valence-electron chi connectivity index (χ1n) is 7.46. The molecular weight excluding hydrogens is 308 g/mol. The van der Waals surface area contributed by atoms with E-state index in [0.717, 1.165) is 5.56 Å². The lowest BCUT2D eigenvalue weighted by Crippen LogP contribution is -2.17. The van der Waals surface area contributed by atoms with Crippen LogP contribution in [0.2, 0.25) is 0 Å². The van der Waals surface area contributed by atoms with E-state index in [1.54, 1.807) is 18.2 Å². The summed E-state index contributed by atoms with van der Waals surface area (Å²) in [5, 5.41) is 9.47. The Morgan fingerprint density at radius 2 is 1.83 bits per heavy atom. The van der Waals surface area contributed by atoms with Crippen molar-refractivity contribution in [2.45, 2.75) is 0 Å². The second-order valence-corrected chi connectivity index (χ2v) is 5.22. The van der Waals surface area contributed by atoms with Crippen molar-refractivity contribution in [3.8, 4) is 22.9 Å². The van der Waals surface area contributed by atoms with Gasteiger partial charge in [0.25, 0.3) is 5.91 Å². The number of anilines is 1. The van der Waals surface area contributed by atoms with E-state index in [-0.39, 0.29) is 5.91 Å². The molecule has 0 unspecified atom stereocenters. The van der Waals surface area contributed by atoms with Crippen LogP contribution in [0.1, 0.15) is 10.4 Å². The first-order valence-corrected chi connectivity index (χ1v) is 7.46. The van der Waals surface area contributed by atoms with E-state index in [9.17, 15) is 4.79 Å². The van der Waals surface area contributed by atoms with Crippen molar-refractivity contribution in [3.05, 3.63) is 54.4 Å². The molecule has 1 amide bonds. The highest BCUT2D eigenvalue weighted by atomic mass is 16.6. The molecule has 0 aliphatic carbocycles. The lowest BCUT2D eigenvalue weighted by molar-refractivity contribution is 0.102. The Hall–Kier alpha value is -3.35. The van der Waals surface area contributed by atoms with E-state index in [1.807, 2.05) is 24.3 Å². The van der Waals surface area contributed by atoms with Gasteiger partial charge in [-0.15, -0.1) is 0 Å². The molecule has 0 fully saturated rings. The molecule has 4 rings (SSSR count). The second kappa shape index (κ2) is 6.04. The summed E-state index contributed by atoms with van der Waals surface area (Å²) in [6.45, 7) is 1.01. The number of aromatic nitrogens is 3. The summed E-state index contributed by atoms with van der Waals surface area (Å²) in [5.74, 6) is 1.72. The summed E-state index contributed by atoms with van der Waals surface area (Å²) in [4.78, 5) is 16.5. The van der Waals surface area contributed by atoms with Gasteiger partial charge in [-0.05, 0) is 42.5 Å². The number of hydrogen-bond acceptors (Lipinski definition) is 5. The van der Waals surface area contributed by atoms with E-state index in [4.69, 9.17) is 9.47 Å². The summed E-state index contributed by atoms with van der Waals surface area (Å²) in [6.07, 6.45) is 1.45. The van der Waals surface area contributed by atoms with Crippen LogP contribution in [0.4, 0.5) is 5.69 Å². The van der Waals surface area contributed by atoms with Crippen LogP contribution in [-0.2, 0) is 0 Å². The molecule has 0 spiro atoms. The number of carbonyl (C=O) groups is 1. The highest BCUT2D eigenvalue weighted by molar-refractivity contribution is 6.04. The molecule has 7 heteroatoms. The van der Waals surface area contributed by atoms with Crippen LogP contribution in [0.25, 0.3) is 11.4 Å². The molecule has 1 aromatic heterocycles. The van der Waals surface area contributed by atoms with Gasteiger partial charge < -0.3 is 14.8 Å². The van der Waals surface area contributed by atoms with Gasteiger partial charge in [0.2, 0.25) is 0 Å². The van der Waals surface area contributed by atoms with Gasteiger partial charge in [0.1, 0.15) is 19.5 Å². The number of H-pyrrole nitrogens is 1. The molecule has 2 heterocycles. The predicted molar refractivity (Wildman–Crippen MR) is 87.2 cm³/mol. The Morgan fingerprint density at radius 1 is 1.04 bits per heavy atom. The van der Waals surface area contributed by atoms with Crippen LogP contribution >= 0.6 is 0 Å². The molecule has 1 aliphatic heterocycles. The van der Waals surface area contributed by atoms with Gasteiger partial charge in [0.05, 0.1) is 0 Å². The molecule has 0 radical (unpaired) electrons. The number of nitrogens with one attached hydrogen (secondary N) is 2. The SMILES string of the molecule is O=C(Nc1ccc(-c2ncn[nH]2)cc1)c1ccc2c(c1)OCCO2. The fourth-order valence-electron chi connectivity index (χ4n) is 2.44. The normalized spacial score (nSPS) is 12.7. The number of carbonyl (C=O) groups excluding carboxylic acids is 1. The van der Waals surface area contributed by atoms with Crippen LogP contribution in [0.3, 0.4) is 0 Å². The number of nitrogens with zero attached hydrogens (tertiary/aromatic N) is 2. The fraction of sp³-hybridized carbons (Fsp3) is 0.118. The van der Waals surface area contributed by atoms with Gasteiger partial charge in [-0.25, -0.2) is 4.98 Å². The van der Waals surface area contributed by atoms with Crippen molar-refractivity contribution in [3.63, 3.8) is 0 Å². The number of fused-ring (bicyclic) bond motifs is 1. The highest BCUT2D eigenvalue weighted by Crippen LogP contribution is 2.31. The molecule has 2 N–H and O–H groups in total. The Bertz CT molecular complexity index is 860. The van der Waals surface area contributed by atoms with Crippen LogP contribution < -0.4 is 14.8 Å². The maximum absolute atomic E-state index is 12.4. The third kappa shape index (κ3) is 2.79. The Balaban J connectivity index is 1.49. The zero-order valence-electron chi connectivity index (χ0n) is 12.7. The minimum absolute atomic E-state index is 0.209. The minimum Gasteiger partial charge on any atom is -0.486 e. The van der Waals surface area contributed by atoms with Crippen molar-refractivity contribution in [1.82, 2.24) is 15.2 Å². The Kier molecular flexibility index (Phi) is 3.59. The first kappa shape index (κ1) is 14.3. The van der Waals surface area contributed by atoms with Crippen LogP contribution in [0, 0.1) is 0 Å². The fourth-order valence-corrected chi connectivity index (χ4v) is 2.44. The van der Waals surface area contributed by atoms with Crippen LogP contribution in [0.5, 0.6) is 11.5 Å². The highest BCUT2D eigenvalue weighted by Gasteiger charge is 2.15. The van der Waals surface area contributed by atoms with Crippen molar-refractivity contribution in [2.24, 2.45) is 0 Å². The summed E-state index contributed by atoms with van der Waals surface area (Å²) < 4.78 is 11.0. The molecule has 2 aromatic carbocycles. The largest absolute Gasteiger partial charge is 0.486 e. The summed E-state index contributed by atoms with van der Waals surface area (Å²) in [5.41, 5.74) is 2.10. The lowest BCUT2D eigenvalue weighted by atomic mass is 10.1. The minimum atomic E-state index is -0.209. The number of aromatic amines is 1. The van der Waals surface area contributed by atoms with E-state index in [2.05, 4.69) is 20.5 Å². The van der Waals surface area contributed by atoms with Crippen molar-refractivity contribution in [2.75, 3.05) is 18.5 Å². The van der Waals surface area contributed by atoms with E-state index < -0.39 is 0 Å². The van der Waals surface area contributed by atoms with Gasteiger partial charge >= 0.3 is 0 Å². The standard InChI is InChI=1S/C17H14N4O3/c22-17(12-3-6-14-15(9-12)24-8-7-23-14)20-13-4-1-11(2-5-13)16-18-10-19-21-16/h1-6,9-10H,7-8H2,(H,20,22)(H,18,19,21). The van der Waals surface area contributed by atoms with E-state index in [1.165, 1.54) is 6.33 Å². The summed E-state index contributed by atoms with van der Waals surface area (Å²) in [6, 6.07) is 12.5. The summed E-state index contributed by atoms with van der Waals surface area (Å²) >= 11 is 0. The Morgan fingerprint density at radius 3 is 2.58 bits per heavy atom. The first-order chi connectivity index (χ1) is 11.8. The van der Waals surface area contributed by atoms with Crippen LogP contribution in [0.15, 0.2) is 48.8 Å². The van der Waals surface area contributed by atoms with E-state index >= 15 is 0 Å². The molecule has 0 bridgehead atoms. The quantitative estimate of drug-likeness (QED) is 0.773. The topological polar surface area (TPSA) is 89.1 Å². The molecule has 3 aromatic rings. The number of benzene rings is 2. The smallest absolute Gasteiger partial charge is 0.255 e. The number of rotatable bonds is 3. The third-order valence-corrected chi connectivity index (χ3v) is 3.64. The molecule has 0 atom stereocenters. The zero-order chi connectivity index (χ0) is 16.4. The molecule has 7 nitrogen and oxygen atoms in total. The number of ether oxygens (including phenoxy) is 2. The van der Waals surface area contributed by atoms with Gasteiger partial charge in [-0.3, -0.25) is 9.89 Å². The molecule has 0 saturated carbocycles. The second-order valence-electron chi connectivity index (χ2n) is 5.22.